The predicted molar refractivity (Wildman–Crippen MR) is 314 cm³/mol. The van der Waals surface area contributed by atoms with E-state index in [1.807, 2.05) is 13.8 Å². The number of unbranched alkanes of at least 4 members (excludes halogenated alkanes) is 3. The van der Waals surface area contributed by atoms with Gasteiger partial charge < -0.3 is 81.3 Å². The summed E-state index contributed by atoms with van der Waals surface area (Å²) in [5.74, 6) is -6.68. The van der Waals surface area contributed by atoms with Gasteiger partial charge >= 0.3 is 45.2 Å². The number of ether oxygens (including phenoxy) is 4. The minimum absolute atomic E-state index is 0.0460. The van der Waals surface area contributed by atoms with Crippen molar-refractivity contribution >= 4 is 68.7 Å². The van der Waals surface area contributed by atoms with Crippen LogP contribution >= 0.6 is 15.2 Å². The Morgan fingerprint density at radius 3 is 2.08 bits per heavy atom. The number of hydrogen-bond donors (Lipinski definition) is 11. The Balaban J connectivity index is 1.32. The Hall–Kier alpha value is -7.32. The molecule has 87 heavy (non-hydrogen) atoms. The van der Waals surface area contributed by atoms with Crippen molar-refractivity contribution in [1.82, 2.24) is 20.9 Å². The second kappa shape index (κ2) is 34.9. The first-order chi connectivity index (χ1) is 41.0. The highest BCUT2D eigenvalue weighted by Gasteiger charge is 2.58. The van der Waals surface area contributed by atoms with Gasteiger partial charge in [0.15, 0.2) is 12.1 Å². The van der Waals surface area contributed by atoms with Gasteiger partial charge in [-0.15, -0.1) is 0 Å². The largest absolute Gasteiger partial charge is 0.466 e. The van der Waals surface area contributed by atoms with E-state index in [1.165, 1.54) is 66.7 Å². The monoisotopic (exact) mass is 1270 g/mol. The number of guanidine groups is 1. The number of alkyl halides is 2. The van der Waals surface area contributed by atoms with Crippen LogP contribution in [0.1, 0.15) is 120 Å². The summed E-state index contributed by atoms with van der Waals surface area (Å²) in [6.45, 7) is 5.23. The lowest BCUT2D eigenvalue weighted by Crippen LogP contribution is -2.53. The zero-order valence-corrected chi connectivity index (χ0v) is 50.5. The van der Waals surface area contributed by atoms with E-state index in [2.05, 4.69) is 26.3 Å². The normalized spacial score (nSPS) is 14.8. The van der Waals surface area contributed by atoms with Crippen LogP contribution in [0.25, 0.3) is 0 Å². The fourth-order valence-corrected chi connectivity index (χ4v) is 11.2. The van der Waals surface area contributed by atoms with Gasteiger partial charge in [-0.05, 0) is 92.7 Å². The maximum atomic E-state index is 16.2. The van der Waals surface area contributed by atoms with Gasteiger partial charge in [-0.3, -0.25) is 38.1 Å². The highest BCUT2D eigenvalue weighted by molar-refractivity contribution is 7.72. The molecule has 0 spiro atoms. The van der Waals surface area contributed by atoms with E-state index >= 15 is 8.78 Å². The number of rotatable bonds is 36. The predicted octanol–water partition coefficient (Wildman–Crippen LogP) is 5.82. The van der Waals surface area contributed by atoms with Crippen LogP contribution in [0.4, 0.5) is 24.1 Å². The molecule has 1 aliphatic rings. The molecule has 0 saturated carbocycles. The molecule has 1 fully saturated rings. The second-order valence-corrected chi connectivity index (χ2v) is 25.0. The smallest absolute Gasteiger partial charge is 0.408 e. The summed E-state index contributed by atoms with van der Waals surface area (Å²) in [6.07, 6.45) is 0.893. The fourth-order valence-electron chi connectivity index (χ4n) is 8.95. The molecule has 0 radical (unpaired) electrons. The Bertz CT molecular complexity index is 2890. The quantitative estimate of drug-likeness (QED) is 0.00621. The zero-order valence-electron chi connectivity index (χ0n) is 48.7. The summed E-state index contributed by atoms with van der Waals surface area (Å²) in [6, 6.07) is 16.2. The number of carbonyl (C=O) groups is 7. The number of nitrogens with two attached hydrogens (primary N) is 2. The third-order valence-electron chi connectivity index (χ3n) is 13.6. The molecule has 1 saturated heterocycles. The lowest BCUT2D eigenvalue weighted by Gasteiger charge is -2.29. The van der Waals surface area contributed by atoms with Crippen LogP contribution in [0.2, 0.25) is 0 Å². The average Bonchev–Trinajstić information content (AvgIpc) is 2.03. The SMILES string of the molecule is CCOC(=O)CCCCCCN1C(=O)CC[C@@H]1/C=C/[C@@H](OC(=O)Cc1ccc(COC(=O)N[C@@H](CC(C)C)C(=O)N[C@@H](CCCN=C(N)N)C(=O)Nc2ccc(CO[14C](=O)NCCCC(O)(P(=O)(O)O)P(=O)(O)O)cc2)cc1)C(F)(F)c1ccccc1. The number of likely N-dealkylation sites (tertiary alicyclic amines) is 1. The number of aliphatic hydroxyl groups is 1. The van der Waals surface area contributed by atoms with E-state index in [0.717, 1.165) is 18.9 Å². The summed E-state index contributed by atoms with van der Waals surface area (Å²) < 4.78 is 76.4. The number of nitrogens with one attached hydrogen (secondary N) is 4. The van der Waals surface area contributed by atoms with Crippen LogP contribution < -0.4 is 32.7 Å². The molecule has 4 atom stereocenters. The molecule has 1 heterocycles. The summed E-state index contributed by atoms with van der Waals surface area (Å²) >= 11 is 0. The molecule has 30 heteroatoms. The van der Waals surface area contributed by atoms with Gasteiger partial charge in [0.25, 0.3) is 5.08 Å². The third-order valence-corrected chi connectivity index (χ3v) is 17.5. The number of alkyl carbamates (subject to hydrolysis) is 2. The Kier molecular flexibility index (Phi) is 28.9. The van der Waals surface area contributed by atoms with Crippen molar-refractivity contribution in [2.24, 2.45) is 22.4 Å². The number of halogens is 2. The van der Waals surface area contributed by atoms with E-state index < -0.39 is 99.7 Å². The summed E-state index contributed by atoms with van der Waals surface area (Å²) in [7, 11) is -11.3. The van der Waals surface area contributed by atoms with Crippen LogP contribution in [-0.4, -0.2) is 133 Å². The van der Waals surface area contributed by atoms with Crippen molar-refractivity contribution in [1.29, 1.82) is 0 Å². The van der Waals surface area contributed by atoms with Gasteiger partial charge in [0.1, 0.15) is 25.3 Å². The number of esters is 2. The Morgan fingerprint density at radius 1 is 0.816 bits per heavy atom. The molecular formula is C57H80F2N8O18P2. The number of amides is 5. The molecule has 480 valence electrons. The molecule has 0 aromatic heterocycles. The molecule has 3 aromatic carbocycles. The lowest BCUT2D eigenvalue weighted by atomic mass is 10.0. The third kappa shape index (κ3) is 24.4. The van der Waals surface area contributed by atoms with Crippen LogP contribution in [0.5, 0.6) is 0 Å². The minimum Gasteiger partial charge on any atom is -0.466 e. The van der Waals surface area contributed by atoms with Crippen LogP contribution in [0, 0.1) is 5.92 Å². The summed E-state index contributed by atoms with van der Waals surface area (Å²) in [5, 5.41) is 16.5. The topological polar surface area (TPSA) is 407 Å². The molecule has 0 aliphatic carbocycles. The Morgan fingerprint density at radius 2 is 1.45 bits per heavy atom. The summed E-state index contributed by atoms with van der Waals surface area (Å²) in [5.41, 5.74) is 12.1. The fraction of sp³-hybridized carbons (Fsp3) is 0.509. The molecule has 0 bridgehead atoms. The molecule has 1 aliphatic heterocycles. The van der Waals surface area contributed by atoms with E-state index in [9.17, 15) is 67.4 Å². The second-order valence-electron chi connectivity index (χ2n) is 21.0. The van der Waals surface area contributed by atoms with Crippen LogP contribution in [0.15, 0.2) is 96.0 Å². The molecular weight excluding hydrogens is 1190 g/mol. The van der Waals surface area contributed by atoms with Crippen molar-refractivity contribution in [3.63, 3.8) is 0 Å². The van der Waals surface area contributed by atoms with E-state index in [4.69, 9.17) is 30.4 Å². The number of benzene rings is 3. The van der Waals surface area contributed by atoms with Gasteiger partial charge in [0, 0.05) is 50.1 Å². The van der Waals surface area contributed by atoms with Crippen LogP contribution in [-0.2, 0) is 77.6 Å². The maximum Gasteiger partial charge on any atom is 0.408 e. The first kappa shape index (κ1) is 72.2. The number of anilines is 1. The molecule has 26 nitrogen and oxygen atoms in total. The van der Waals surface area contributed by atoms with Gasteiger partial charge in [0.05, 0.1) is 19.1 Å². The minimum atomic E-state index is -5.66. The van der Waals surface area contributed by atoms with Gasteiger partial charge in [-0.2, -0.15) is 8.78 Å². The average molecular weight is 1270 g/mol. The first-order valence-corrected chi connectivity index (χ1v) is 31.5. The van der Waals surface area contributed by atoms with Gasteiger partial charge in [0.2, 0.25) is 17.7 Å². The van der Waals surface area contributed by atoms with Crippen molar-refractivity contribution in [3.8, 4) is 0 Å². The number of carbonyl (C=O) groups excluding carboxylic acids is 7. The molecule has 4 rings (SSSR count). The highest BCUT2D eigenvalue weighted by Crippen LogP contribution is 2.69. The molecule has 3 aromatic rings. The Labute approximate surface area is 502 Å². The highest BCUT2D eigenvalue weighted by atomic mass is 31.2. The molecule has 5 amide bonds. The van der Waals surface area contributed by atoms with Gasteiger partial charge in [-0.25, -0.2) is 9.59 Å². The maximum absolute atomic E-state index is 16.2. The standard InChI is InChI=1S/C57H80F2N8O18P2/c1-4-82-49(69)17-10-5-6-11-33-67-44(27-29-48(67)68)26-28-47(57(58,59)42-14-8-7-9-15-42)85-50(70)35-39-18-20-40(21-19-39)37-84-55(74)66-46(34-38(2)3)52(72)65-45(16-12-31-62-53(60)61)51(71)64-43-24-22-41(23-25-43)36-83-54(73)63-32-13-30-56(75,86(76,77)78)87(79,80)81/h7-9,14-15,18-26,28,38,44-47,75H,4-6,10-13,16-17,27,29-37H2,1-3H3,(H,63,73)(H,64,71)(H,65,72)(H,66,74)(H4,60,61,62)(H2,76,77,78)(H2,79,80,81)/b28-26+/t44-,45-,46-,47+/m0/s1/i54+2. The van der Waals surface area contributed by atoms with Crippen molar-refractivity contribution < 1.29 is 95.1 Å². The van der Waals surface area contributed by atoms with Gasteiger partial charge in [-0.1, -0.05) is 99.5 Å². The summed E-state index contributed by atoms with van der Waals surface area (Å²) in [4.78, 5) is 134. The lowest BCUT2D eigenvalue weighted by molar-refractivity contribution is -0.167. The first-order valence-electron chi connectivity index (χ1n) is 28.3. The number of hydrogen-bond acceptors (Lipinski definition) is 15. The van der Waals surface area contributed by atoms with Crippen molar-refractivity contribution in [3.05, 3.63) is 113 Å². The van der Waals surface area contributed by atoms with E-state index in [-0.39, 0.29) is 87.0 Å². The molecule has 13 N–H and O–H groups in total. The zero-order chi connectivity index (χ0) is 64.4. The molecule has 0 unspecified atom stereocenters. The van der Waals surface area contributed by atoms with Crippen molar-refractivity contribution in [2.45, 2.75) is 153 Å². The van der Waals surface area contributed by atoms with E-state index in [1.54, 1.807) is 30.0 Å². The van der Waals surface area contributed by atoms with Crippen LogP contribution in [0.3, 0.4) is 0 Å². The van der Waals surface area contributed by atoms with Crippen molar-refractivity contribution in [2.75, 3.05) is 31.6 Å². The van der Waals surface area contributed by atoms with E-state index in [0.29, 0.717) is 55.5 Å². The number of aliphatic imine (C=N–C) groups is 1. The number of nitrogens with zero attached hydrogens (tertiary/aromatic N) is 2.